The molecule has 2 aliphatic rings. The Labute approximate surface area is 145 Å². The maximum atomic E-state index is 12.3. The number of ether oxygens (including phenoxy) is 2. The highest BCUT2D eigenvalue weighted by Gasteiger charge is 2.40. The Morgan fingerprint density at radius 1 is 1.38 bits per heavy atom. The zero-order valence-electron chi connectivity index (χ0n) is 14.3. The van der Waals surface area contributed by atoms with Gasteiger partial charge >= 0.3 is 0 Å². The number of nitrogens with zero attached hydrogens (tertiary/aromatic N) is 1. The van der Waals surface area contributed by atoms with Gasteiger partial charge in [0.15, 0.2) is 0 Å². The molecule has 0 unspecified atom stereocenters. The molecule has 0 atom stereocenters. The quantitative estimate of drug-likeness (QED) is 0.859. The van der Waals surface area contributed by atoms with Crippen molar-refractivity contribution in [3.05, 3.63) is 28.0 Å². The lowest BCUT2D eigenvalue weighted by molar-refractivity contribution is -0.117. The van der Waals surface area contributed by atoms with Gasteiger partial charge in [0, 0.05) is 16.0 Å². The molecule has 128 valence electrons. The van der Waals surface area contributed by atoms with Crippen molar-refractivity contribution in [1.29, 1.82) is 5.26 Å². The van der Waals surface area contributed by atoms with Crippen LogP contribution in [0, 0.1) is 11.3 Å². The number of nitrogens with one attached hydrogen (secondary N) is 2. The van der Waals surface area contributed by atoms with Crippen molar-refractivity contribution >= 4 is 22.2 Å². The van der Waals surface area contributed by atoms with Gasteiger partial charge in [0.2, 0.25) is 5.76 Å². The van der Waals surface area contributed by atoms with Crippen LogP contribution in [0.5, 0.6) is 0 Å². The molecule has 0 radical (unpaired) electrons. The first-order chi connectivity index (χ1) is 11.2. The summed E-state index contributed by atoms with van der Waals surface area (Å²) in [7, 11) is 0. The molecule has 3 rings (SSSR count). The highest BCUT2D eigenvalue weighted by molar-refractivity contribution is 7.17. The van der Waals surface area contributed by atoms with Gasteiger partial charge in [0.05, 0.1) is 5.56 Å². The van der Waals surface area contributed by atoms with Crippen LogP contribution in [-0.4, -0.2) is 24.7 Å². The third-order valence-corrected chi connectivity index (χ3v) is 5.53. The second-order valence-electron chi connectivity index (χ2n) is 7.19. The van der Waals surface area contributed by atoms with Crippen LogP contribution in [0.3, 0.4) is 0 Å². The van der Waals surface area contributed by atoms with Gasteiger partial charge < -0.3 is 20.1 Å². The van der Waals surface area contributed by atoms with Crippen molar-refractivity contribution in [3.63, 3.8) is 0 Å². The second kappa shape index (κ2) is 5.80. The predicted octanol–water partition coefficient (Wildman–Crippen LogP) is 2.61. The Hall–Kier alpha value is -2.04. The summed E-state index contributed by atoms with van der Waals surface area (Å²) in [4.78, 5) is 13.4. The normalized spacial score (nSPS) is 20.7. The van der Waals surface area contributed by atoms with E-state index in [0.29, 0.717) is 23.8 Å². The number of nitriles is 1. The average Bonchev–Trinajstić information content (AvgIpc) is 2.84. The summed E-state index contributed by atoms with van der Waals surface area (Å²) in [5, 5.41) is 16.6. The number of hydrogen-bond acceptors (Lipinski definition) is 6. The maximum Gasteiger partial charge on any atom is 0.294 e. The van der Waals surface area contributed by atoms with Crippen LogP contribution in [0.25, 0.3) is 0 Å². The van der Waals surface area contributed by atoms with E-state index in [1.165, 1.54) is 17.6 Å². The smallest absolute Gasteiger partial charge is 0.294 e. The van der Waals surface area contributed by atoms with E-state index >= 15 is 0 Å². The van der Waals surface area contributed by atoms with Gasteiger partial charge in [-0.15, -0.1) is 11.3 Å². The minimum atomic E-state index is -0.394. The molecular formula is C17H21N3O3S. The molecule has 2 aliphatic heterocycles. The lowest BCUT2D eigenvalue weighted by atomic mass is 9.81. The van der Waals surface area contributed by atoms with E-state index in [1.54, 1.807) is 0 Å². The summed E-state index contributed by atoms with van der Waals surface area (Å²) in [6.45, 7) is 9.20. The van der Waals surface area contributed by atoms with Gasteiger partial charge in [-0.25, -0.2) is 0 Å². The van der Waals surface area contributed by atoms with Crippen LogP contribution in [0.1, 0.15) is 43.7 Å². The molecule has 0 saturated heterocycles. The molecular weight excluding hydrogens is 326 g/mol. The van der Waals surface area contributed by atoms with E-state index < -0.39 is 5.91 Å². The summed E-state index contributed by atoms with van der Waals surface area (Å²) < 4.78 is 10.4. The zero-order chi connectivity index (χ0) is 17.5. The number of anilines is 1. The van der Waals surface area contributed by atoms with Crippen molar-refractivity contribution in [3.8, 4) is 6.07 Å². The van der Waals surface area contributed by atoms with Crippen LogP contribution in [-0.2, 0) is 26.2 Å². The number of thiophene rings is 1. The van der Waals surface area contributed by atoms with Gasteiger partial charge in [-0.05, 0) is 39.7 Å². The average molecular weight is 347 g/mol. The van der Waals surface area contributed by atoms with Gasteiger partial charge in [0.25, 0.3) is 5.91 Å². The van der Waals surface area contributed by atoms with Gasteiger partial charge in [-0.1, -0.05) is 0 Å². The highest BCUT2D eigenvalue weighted by Crippen LogP contribution is 2.44. The second-order valence-corrected chi connectivity index (χ2v) is 8.21. The number of hydrogen-bond donors (Lipinski definition) is 2. The monoisotopic (exact) mass is 347 g/mol. The molecule has 7 heteroatoms. The molecule has 0 saturated carbocycles. The van der Waals surface area contributed by atoms with Crippen molar-refractivity contribution in [2.45, 2.75) is 45.2 Å². The van der Waals surface area contributed by atoms with Gasteiger partial charge in [0.1, 0.15) is 30.5 Å². The van der Waals surface area contributed by atoms with E-state index in [4.69, 9.17) is 9.47 Å². The Morgan fingerprint density at radius 3 is 2.75 bits per heavy atom. The first kappa shape index (κ1) is 16.8. The third kappa shape index (κ3) is 2.99. The molecule has 3 heterocycles. The Morgan fingerprint density at radius 2 is 2.12 bits per heavy atom. The van der Waals surface area contributed by atoms with E-state index in [9.17, 15) is 10.1 Å². The summed E-state index contributed by atoms with van der Waals surface area (Å²) in [6.07, 6.45) is 2.05. The first-order valence-electron chi connectivity index (χ1n) is 7.85. The Balaban J connectivity index is 1.96. The van der Waals surface area contributed by atoms with Gasteiger partial charge in [-0.2, -0.15) is 5.26 Å². The van der Waals surface area contributed by atoms with E-state index in [2.05, 4.69) is 44.4 Å². The SMILES string of the molecule is CC1(C)Cc2c(sc(NC(=O)C3=COCCO3)c2C#N)C(C)(C)N1. The summed E-state index contributed by atoms with van der Waals surface area (Å²) >= 11 is 1.45. The number of carbonyl (C=O) groups excluding carboxylic acids is 1. The predicted molar refractivity (Wildman–Crippen MR) is 91.6 cm³/mol. The topological polar surface area (TPSA) is 83.4 Å². The van der Waals surface area contributed by atoms with Crippen LogP contribution in [0.2, 0.25) is 0 Å². The maximum absolute atomic E-state index is 12.3. The molecule has 0 aliphatic carbocycles. The molecule has 0 aromatic carbocycles. The molecule has 0 fully saturated rings. The molecule has 1 aromatic heterocycles. The third-order valence-electron chi connectivity index (χ3n) is 4.06. The minimum Gasteiger partial charge on any atom is -0.494 e. The summed E-state index contributed by atoms with van der Waals surface area (Å²) in [5.74, 6) is -0.260. The molecule has 24 heavy (non-hydrogen) atoms. The van der Waals surface area contributed by atoms with Crippen molar-refractivity contribution in [2.24, 2.45) is 0 Å². The molecule has 0 spiro atoms. The Bertz CT molecular complexity index is 756. The Kier molecular flexibility index (Phi) is 4.06. The number of fused-ring (bicyclic) bond motifs is 1. The van der Waals surface area contributed by atoms with E-state index in [-0.39, 0.29) is 16.8 Å². The van der Waals surface area contributed by atoms with Crippen LogP contribution >= 0.6 is 11.3 Å². The largest absolute Gasteiger partial charge is 0.494 e. The number of rotatable bonds is 2. The minimum absolute atomic E-state index is 0.118. The zero-order valence-corrected chi connectivity index (χ0v) is 15.1. The number of carbonyl (C=O) groups is 1. The van der Waals surface area contributed by atoms with Crippen molar-refractivity contribution in [2.75, 3.05) is 18.5 Å². The van der Waals surface area contributed by atoms with Crippen molar-refractivity contribution in [1.82, 2.24) is 5.32 Å². The molecule has 0 bridgehead atoms. The van der Waals surface area contributed by atoms with Crippen molar-refractivity contribution < 1.29 is 14.3 Å². The van der Waals surface area contributed by atoms with E-state index in [0.717, 1.165) is 16.9 Å². The van der Waals surface area contributed by atoms with Crippen LogP contribution < -0.4 is 10.6 Å². The fourth-order valence-electron chi connectivity index (χ4n) is 3.39. The van der Waals surface area contributed by atoms with E-state index in [1.807, 2.05) is 0 Å². The lowest BCUT2D eigenvalue weighted by Gasteiger charge is -2.42. The molecule has 6 nitrogen and oxygen atoms in total. The molecule has 1 aromatic rings. The summed E-state index contributed by atoms with van der Waals surface area (Å²) in [5.41, 5.74) is 1.18. The fraction of sp³-hybridized carbons (Fsp3) is 0.529. The lowest BCUT2D eigenvalue weighted by Crippen LogP contribution is -2.54. The first-order valence-corrected chi connectivity index (χ1v) is 8.67. The van der Waals surface area contributed by atoms with Crippen LogP contribution in [0.15, 0.2) is 12.0 Å². The molecule has 2 N–H and O–H groups in total. The molecule has 1 amide bonds. The fourth-order valence-corrected chi connectivity index (χ4v) is 4.61. The summed E-state index contributed by atoms with van der Waals surface area (Å²) in [6, 6.07) is 2.26. The van der Waals surface area contributed by atoms with Crippen LogP contribution in [0.4, 0.5) is 5.00 Å². The standard InChI is InChI=1S/C17H21N3O3S/c1-16(2)7-10-11(8-18)15(24-13(10)17(3,4)20-16)19-14(21)12-9-22-5-6-23-12/h9,20H,5-7H2,1-4H3,(H,19,21). The van der Waals surface area contributed by atoms with Gasteiger partial charge in [-0.3, -0.25) is 4.79 Å². The highest BCUT2D eigenvalue weighted by atomic mass is 32.1. The number of amides is 1.